The van der Waals surface area contributed by atoms with Crippen LogP contribution in [0.15, 0.2) is 53.0 Å². The van der Waals surface area contributed by atoms with Crippen molar-refractivity contribution in [2.75, 3.05) is 18.4 Å². The quantitative estimate of drug-likeness (QED) is 0.628. The fraction of sp³-hybridized carbons (Fsp3) is 0.158. The SMILES string of the molecule is ClCCl.O=C1NCC2=C1CN=C(c1ccccc1Cl)c1cc(Cl)ccc12. The fourth-order valence-electron chi connectivity index (χ4n) is 3.05. The molecule has 0 aromatic heterocycles. The van der Waals surface area contributed by atoms with Crippen LogP contribution >= 0.6 is 46.4 Å². The lowest BCUT2D eigenvalue weighted by molar-refractivity contribution is -0.116. The van der Waals surface area contributed by atoms with E-state index < -0.39 is 0 Å². The number of hydrogen-bond acceptors (Lipinski definition) is 2. The Balaban J connectivity index is 0.000000613. The Hall–Kier alpha value is -1.52. The molecular weight excluding hydrogens is 414 g/mol. The maximum atomic E-state index is 12.1. The van der Waals surface area contributed by atoms with Gasteiger partial charge < -0.3 is 5.32 Å². The summed E-state index contributed by atoms with van der Waals surface area (Å²) >= 11 is 22.1. The van der Waals surface area contributed by atoms with Gasteiger partial charge in [0, 0.05) is 33.3 Å². The van der Waals surface area contributed by atoms with E-state index in [0.717, 1.165) is 33.5 Å². The summed E-state index contributed by atoms with van der Waals surface area (Å²) in [5.41, 5.74) is 5.23. The molecule has 2 aliphatic rings. The van der Waals surface area contributed by atoms with Crippen LogP contribution in [0.3, 0.4) is 0 Å². The number of alkyl halides is 2. The lowest BCUT2D eigenvalue weighted by atomic mass is 9.93. The van der Waals surface area contributed by atoms with Crippen LogP contribution in [-0.4, -0.2) is 30.0 Å². The molecule has 0 saturated heterocycles. The van der Waals surface area contributed by atoms with Crippen molar-refractivity contribution in [3.05, 3.63) is 74.8 Å². The highest BCUT2D eigenvalue weighted by molar-refractivity contribution is 6.40. The van der Waals surface area contributed by atoms with E-state index in [1.807, 2.05) is 42.5 Å². The molecule has 0 bridgehead atoms. The number of rotatable bonds is 1. The number of aliphatic imine (C=N–C) groups is 1. The van der Waals surface area contributed by atoms with Gasteiger partial charge in [0.1, 0.15) is 0 Å². The van der Waals surface area contributed by atoms with Crippen molar-refractivity contribution in [3.63, 3.8) is 0 Å². The van der Waals surface area contributed by atoms with Gasteiger partial charge in [-0.1, -0.05) is 47.5 Å². The normalized spacial score (nSPS) is 15.2. The Kier molecular flexibility index (Phi) is 6.25. The highest BCUT2D eigenvalue weighted by atomic mass is 35.5. The Labute approximate surface area is 171 Å². The third-order valence-corrected chi connectivity index (χ3v) is 4.71. The first-order chi connectivity index (χ1) is 12.6. The molecule has 0 atom stereocenters. The number of amides is 1. The molecule has 2 aliphatic heterocycles. The number of hydrogen-bond donors (Lipinski definition) is 1. The van der Waals surface area contributed by atoms with Crippen molar-refractivity contribution in [3.8, 4) is 0 Å². The molecule has 2 aromatic carbocycles. The zero-order valence-electron chi connectivity index (χ0n) is 13.5. The summed E-state index contributed by atoms with van der Waals surface area (Å²) in [4.78, 5) is 16.7. The molecule has 3 nitrogen and oxygen atoms in total. The van der Waals surface area contributed by atoms with Crippen molar-refractivity contribution >= 4 is 63.6 Å². The molecule has 1 amide bonds. The number of fused-ring (bicyclic) bond motifs is 2. The number of carbonyl (C=O) groups is 1. The van der Waals surface area contributed by atoms with Crippen molar-refractivity contribution in [2.24, 2.45) is 4.99 Å². The average Bonchev–Trinajstić information content (AvgIpc) is 2.90. The van der Waals surface area contributed by atoms with Gasteiger partial charge in [-0.05, 0) is 29.3 Å². The predicted octanol–water partition coefficient (Wildman–Crippen LogP) is 5.15. The van der Waals surface area contributed by atoms with E-state index in [4.69, 9.17) is 46.4 Å². The van der Waals surface area contributed by atoms with Crippen LogP contribution in [0.5, 0.6) is 0 Å². The largest absolute Gasteiger partial charge is 0.348 e. The topological polar surface area (TPSA) is 41.5 Å². The summed E-state index contributed by atoms with van der Waals surface area (Å²) in [5.74, 6) is -0.0509. The smallest absolute Gasteiger partial charge is 0.249 e. The molecule has 26 heavy (non-hydrogen) atoms. The molecule has 2 aromatic rings. The summed E-state index contributed by atoms with van der Waals surface area (Å²) < 4.78 is 0. The summed E-state index contributed by atoms with van der Waals surface area (Å²) in [6, 6.07) is 13.2. The zero-order chi connectivity index (χ0) is 18.7. The van der Waals surface area contributed by atoms with Crippen LogP contribution in [0.4, 0.5) is 0 Å². The Morgan fingerprint density at radius 1 is 0.962 bits per heavy atom. The fourth-order valence-corrected chi connectivity index (χ4v) is 3.44. The van der Waals surface area contributed by atoms with Crippen LogP contribution in [0.1, 0.15) is 16.7 Å². The molecule has 0 fully saturated rings. The zero-order valence-corrected chi connectivity index (χ0v) is 16.6. The highest BCUT2D eigenvalue weighted by Gasteiger charge is 2.29. The van der Waals surface area contributed by atoms with Crippen molar-refractivity contribution in [1.29, 1.82) is 0 Å². The second kappa shape index (κ2) is 8.45. The molecule has 2 heterocycles. The van der Waals surface area contributed by atoms with Crippen LogP contribution < -0.4 is 5.32 Å². The molecule has 0 unspecified atom stereocenters. The molecular formula is C19H14Cl4N2O. The molecule has 134 valence electrons. The van der Waals surface area contributed by atoms with Gasteiger partial charge in [-0.3, -0.25) is 9.79 Å². The Morgan fingerprint density at radius 2 is 1.69 bits per heavy atom. The van der Waals surface area contributed by atoms with Crippen molar-refractivity contribution in [1.82, 2.24) is 5.32 Å². The number of carbonyl (C=O) groups excluding carboxylic acids is 1. The second-order valence-electron chi connectivity index (χ2n) is 5.58. The molecule has 7 heteroatoms. The van der Waals surface area contributed by atoms with E-state index in [9.17, 15) is 4.79 Å². The first-order valence-electron chi connectivity index (χ1n) is 7.78. The van der Waals surface area contributed by atoms with Crippen LogP contribution in [0.25, 0.3) is 5.57 Å². The summed E-state index contributed by atoms with van der Waals surface area (Å²) in [6.45, 7) is 0.863. The van der Waals surface area contributed by atoms with Gasteiger partial charge in [-0.15, -0.1) is 23.2 Å². The molecule has 4 rings (SSSR count). The number of nitrogens with one attached hydrogen (secondary N) is 1. The highest BCUT2D eigenvalue weighted by Crippen LogP contribution is 2.33. The minimum absolute atomic E-state index is 0.0509. The lowest BCUT2D eigenvalue weighted by Gasteiger charge is -2.13. The van der Waals surface area contributed by atoms with Gasteiger partial charge in [0.15, 0.2) is 0 Å². The van der Waals surface area contributed by atoms with Gasteiger partial charge in [0.2, 0.25) is 5.91 Å². The van der Waals surface area contributed by atoms with Gasteiger partial charge in [-0.25, -0.2) is 0 Å². The van der Waals surface area contributed by atoms with E-state index in [2.05, 4.69) is 10.3 Å². The Morgan fingerprint density at radius 3 is 2.42 bits per heavy atom. The maximum absolute atomic E-state index is 12.1. The monoisotopic (exact) mass is 426 g/mol. The first kappa shape index (κ1) is 19.2. The molecule has 0 radical (unpaired) electrons. The number of nitrogens with zero attached hydrogens (tertiary/aromatic N) is 1. The second-order valence-corrected chi connectivity index (χ2v) is 7.23. The maximum Gasteiger partial charge on any atom is 0.249 e. The van der Waals surface area contributed by atoms with Crippen LogP contribution in [-0.2, 0) is 4.79 Å². The van der Waals surface area contributed by atoms with Crippen molar-refractivity contribution in [2.45, 2.75) is 0 Å². The third-order valence-electron chi connectivity index (χ3n) is 4.15. The van der Waals surface area contributed by atoms with Gasteiger partial charge in [0.25, 0.3) is 0 Å². The minimum Gasteiger partial charge on any atom is -0.348 e. The van der Waals surface area contributed by atoms with Gasteiger partial charge in [-0.2, -0.15) is 0 Å². The molecule has 0 aliphatic carbocycles. The predicted molar refractivity (Wildman–Crippen MR) is 110 cm³/mol. The number of benzene rings is 2. The lowest BCUT2D eigenvalue weighted by Crippen LogP contribution is -2.19. The third kappa shape index (κ3) is 3.77. The van der Waals surface area contributed by atoms with E-state index in [1.54, 1.807) is 0 Å². The molecule has 1 N–H and O–H groups in total. The van der Waals surface area contributed by atoms with Crippen molar-refractivity contribution < 1.29 is 4.79 Å². The molecule has 0 saturated carbocycles. The van der Waals surface area contributed by atoms with Crippen LogP contribution in [0, 0.1) is 0 Å². The molecule has 0 spiro atoms. The van der Waals surface area contributed by atoms with E-state index >= 15 is 0 Å². The van der Waals surface area contributed by atoms with Crippen LogP contribution in [0.2, 0.25) is 10.0 Å². The minimum atomic E-state index is -0.0509. The first-order valence-corrected chi connectivity index (χ1v) is 9.61. The van der Waals surface area contributed by atoms with Gasteiger partial charge >= 0.3 is 0 Å². The number of halogens is 4. The van der Waals surface area contributed by atoms with E-state index in [-0.39, 0.29) is 11.2 Å². The summed E-state index contributed by atoms with van der Waals surface area (Å²) in [6.07, 6.45) is 0. The van der Waals surface area contributed by atoms with E-state index in [0.29, 0.717) is 23.1 Å². The van der Waals surface area contributed by atoms with E-state index in [1.165, 1.54) is 0 Å². The standard InChI is InChI=1S/C18H12Cl2N2O.CH2Cl2/c19-10-5-6-11-13(7-10)17(12-3-1-2-4-16(12)20)21-9-15-14(11)8-22-18(15)23;2-1-3/h1-7H,8-9H2,(H,22,23);1H2. The van der Waals surface area contributed by atoms with Gasteiger partial charge in [0.05, 0.1) is 17.6 Å². The average molecular weight is 428 g/mol. The summed E-state index contributed by atoms with van der Waals surface area (Å²) in [7, 11) is 0. The summed E-state index contributed by atoms with van der Waals surface area (Å²) in [5, 5.41) is 4.32. The Bertz CT molecular complexity index is 922.